The quantitative estimate of drug-likeness (QED) is 0.635. The van der Waals surface area contributed by atoms with Crippen molar-refractivity contribution < 1.29 is 9.59 Å². The fraction of sp³-hybridized carbons (Fsp3) is 0.520. The molecule has 0 radical (unpaired) electrons. The number of allylic oxidation sites excluding steroid dienone is 2. The first kappa shape index (κ1) is 22.1. The maximum atomic E-state index is 13.2. The van der Waals surface area contributed by atoms with Crippen molar-refractivity contribution in [1.29, 1.82) is 0 Å². The molecule has 0 spiro atoms. The van der Waals surface area contributed by atoms with Gasteiger partial charge in [0.15, 0.2) is 0 Å². The molecule has 1 aliphatic heterocycles. The third-order valence-electron chi connectivity index (χ3n) is 6.06. The van der Waals surface area contributed by atoms with Crippen molar-refractivity contribution in [2.45, 2.75) is 70.5 Å². The van der Waals surface area contributed by atoms with Gasteiger partial charge in [-0.3, -0.25) is 9.59 Å². The predicted molar refractivity (Wildman–Crippen MR) is 121 cm³/mol. The van der Waals surface area contributed by atoms with E-state index in [4.69, 9.17) is 0 Å². The molecule has 0 bridgehead atoms. The second kappa shape index (κ2) is 11.6. The minimum absolute atomic E-state index is 0.0364. The topological polar surface area (TPSA) is 52.7 Å². The average molecular weight is 410 g/mol. The van der Waals surface area contributed by atoms with Crippen molar-refractivity contribution in [3.05, 3.63) is 60.3 Å². The number of nitrogens with one attached hydrogen (secondary N) is 1. The van der Waals surface area contributed by atoms with Gasteiger partial charge in [0.05, 0.1) is 0 Å². The Bertz CT molecular complexity index is 738. The third-order valence-corrected chi connectivity index (χ3v) is 6.06. The molecule has 5 nitrogen and oxygen atoms in total. The van der Waals surface area contributed by atoms with Gasteiger partial charge in [0.2, 0.25) is 11.8 Å². The molecule has 2 amide bonds. The van der Waals surface area contributed by atoms with Crippen LogP contribution in [-0.2, 0) is 16.1 Å². The largest absolute Gasteiger partial charge is 0.374 e. The van der Waals surface area contributed by atoms with E-state index in [0.717, 1.165) is 50.8 Å². The van der Waals surface area contributed by atoms with E-state index < -0.39 is 0 Å². The number of amides is 2. The lowest BCUT2D eigenvalue weighted by Gasteiger charge is -2.35. The lowest BCUT2D eigenvalue weighted by molar-refractivity contribution is -0.143. The standard InChI is InChI=1S/C25H35N3O2/c1-2-23(25(30)26-20-21-12-5-3-6-13-21)28(22-14-7-8-15-22)24(29)16-11-19-27-17-9-4-10-18-27/h3-6,9-10,12-13,17,22-23H,2,7-8,11,14-16,18-20H2,1H3,(H,26,30). The zero-order chi connectivity index (χ0) is 21.2. The van der Waals surface area contributed by atoms with Gasteiger partial charge < -0.3 is 15.1 Å². The molecule has 1 aromatic rings. The minimum Gasteiger partial charge on any atom is -0.374 e. The van der Waals surface area contributed by atoms with E-state index in [1.165, 1.54) is 0 Å². The minimum atomic E-state index is -0.387. The van der Waals surface area contributed by atoms with E-state index in [0.29, 0.717) is 19.4 Å². The number of nitrogens with zero attached hydrogens (tertiary/aromatic N) is 2. The van der Waals surface area contributed by atoms with Gasteiger partial charge in [-0.2, -0.15) is 0 Å². The van der Waals surface area contributed by atoms with Gasteiger partial charge in [0.25, 0.3) is 0 Å². The fourth-order valence-corrected chi connectivity index (χ4v) is 4.46. The highest BCUT2D eigenvalue weighted by molar-refractivity contribution is 5.87. The Morgan fingerprint density at radius 1 is 1.17 bits per heavy atom. The maximum absolute atomic E-state index is 13.2. The van der Waals surface area contributed by atoms with Crippen molar-refractivity contribution >= 4 is 11.8 Å². The molecule has 162 valence electrons. The normalized spacial score (nSPS) is 17.2. The Hall–Kier alpha value is -2.56. The van der Waals surface area contributed by atoms with Crippen LogP contribution in [0.3, 0.4) is 0 Å². The molecule has 3 rings (SSSR count). The molecule has 2 aliphatic rings. The summed E-state index contributed by atoms with van der Waals surface area (Å²) in [6.45, 7) is 4.27. The van der Waals surface area contributed by atoms with Crippen LogP contribution in [0.1, 0.15) is 57.4 Å². The van der Waals surface area contributed by atoms with E-state index in [-0.39, 0.29) is 23.9 Å². The van der Waals surface area contributed by atoms with E-state index in [1.807, 2.05) is 54.3 Å². The van der Waals surface area contributed by atoms with Crippen molar-refractivity contribution in [1.82, 2.24) is 15.1 Å². The monoisotopic (exact) mass is 409 g/mol. The average Bonchev–Trinajstić information content (AvgIpc) is 3.31. The maximum Gasteiger partial charge on any atom is 0.243 e. The molecule has 1 aromatic carbocycles. The van der Waals surface area contributed by atoms with Crippen LogP contribution in [0, 0.1) is 0 Å². The predicted octanol–water partition coefficient (Wildman–Crippen LogP) is 4.02. The Kier molecular flexibility index (Phi) is 8.54. The summed E-state index contributed by atoms with van der Waals surface area (Å²) in [4.78, 5) is 30.4. The second-order valence-corrected chi connectivity index (χ2v) is 8.23. The van der Waals surface area contributed by atoms with Gasteiger partial charge in [0, 0.05) is 32.1 Å². The highest BCUT2D eigenvalue weighted by Gasteiger charge is 2.35. The SMILES string of the molecule is CCC(C(=O)NCc1ccccc1)N(C(=O)CCCN1C=CC=CC1)C1CCCC1. The van der Waals surface area contributed by atoms with Crippen LogP contribution in [0.4, 0.5) is 0 Å². The van der Waals surface area contributed by atoms with Gasteiger partial charge in [-0.05, 0) is 43.5 Å². The molecule has 1 fully saturated rings. The summed E-state index contributed by atoms with van der Waals surface area (Å²) in [5.74, 6) is 0.0887. The van der Waals surface area contributed by atoms with Crippen molar-refractivity contribution in [3.8, 4) is 0 Å². The van der Waals surface area contributed by atoms with Crippen molar-refractivity contribution in [3.63, 3.8) is 0 Å². The molecule has 5 heteroatoms. The van der Waals surface area contributed by atoms with E-state index in [1.54, 1.807) is 0 Å². The molecule has 1 atom stereocenters. The summed E-state index contributed by atoms with van der Waals surface area (Å²) in [7, 11) is 0. The van der Waals surface area contributed by atoms with Gasteiger partial charge in [0.1, 0.15) is 6.04 Å². The van der Waals surface area contributed by atoms with Crippen LogP contribution < -0.4 is 5.32 Å². The first-order chi connectivity index (χ1) is 14.7. The Labute approximate surface area is 180 Å². The summed E-state index contributed by atoms with van der Waals surface area (Å²) < 4.78 is 0. The molecule has 30 heavy (non-hydrogen) atoms. The first-order valence-corrected chi connectivity index (χ1v) is 11.4. The van der Waals surface area contributed by atoms with Crippen molar-refractivity contribution in [2.24, 2.45) is 0 Å². The number of carbonyl (C=O) groups is 2. The highest BCUT2D eigenvalue weighted by Crippen LogP contribution is 2.27. The number of hydrogen-bond donors (Lipinski definition) is 1. The second-order valence-electron chi connectivity index (χ2n) is 8.23. The molecule has 1 saturated carbocycles. The third kappa shape index (κ3) is 6.22. The molecular formula is C25H35N3O2. The van der Waals surface area contributed by atoms with Crippen LogP contribution >= 0.6 is 0 Å². The lowest BCUT2D eigenvalue weighted by Crippen LogP contribution is -2.53. The highest BCUT2D eigenvalue weighted by atomic mass is 16.2. The van der Waals surface area contributed by atoms with Gasteiger partial charge in [-0.15, -0.1) is 0 Å². The Balaban J connectivity index is 1.59. The number of carbonyl (C=O) groups excluding carboxylic acids is 2. The van der Waals surface area contributed by atoms with Crippen LogP contribution in [0.25, 0.3) is 0 Å². The summed E-state index contributed by atoms with van der Waals surface area (Å²) >= 11 is 0. The van der Waals surface area contributed by atoms with Crippen LogP contribution in [-0.4, -0.2) is 46.8 Å². The van der Waals surface area contributed by atoms with E-state index in [2.05, 4.69) is 22.5 Å². The van der Waals surface area contributed by atoms with Crippen molar-refractivity contribution in [2.75, 3.05) is 13.1 Å². The molecule has 1 unspecified atom stereocenters. The van der Waals surface area contributed by atoms with E-state index >= 15 is 0 Å². The van der Waals surface area contributed by atoms with Gasteiger partial charge in [-0.25, -0.2) is 0 Å². The molecule has 0 aromatic heterocycles. The number of rotatable bonds is 10. The fourth-order valence-electron chi connectivity index (χ4n) is 4.46. The summed E-state index contributed by atoms with van der Waals surface area (Å²) in [6.07, 6.45) is 14.5. The summed E-state index contributed by atoms with van der Waals surface area (Å²) in [5, 5.41) is 3.06. The van der Waals surface area contributed by atoms with Gasteiger partial charge >= 0.3 is 0 Å². The summed E-state index contributed by atoms with van der Waals surface area (Å²) in [5.41, 5.74) is 1.07. The smallest absolute Gasteiger partial charge is 0.243 e. The number of hydrogen-bond acceptors (Lipinski definition) is 3. The molecule has 1 aliphatic carbocycles. The van der Waals surface area contributed by atoms with Crippen LogP contribution in [0.5, 0.6) is 0 Å². The zero-order valence-corrected chi connectivity index (χ0v) is 18.1. The van der Waals surface area contributed by atoms with E-state index in [9.17, 15) is 9.59 Å². The molecule has 0 saturated heterocycles. The zero-order valence-electron chi connectivity index (χ0n) is 18.1. The Morgan fingerprint density at radius 2 is 1.93 bits per heavy atom. The van der Waals surface area contributed by atoms with Crippen LogP contribution in [0.15, 0.2) is 54.8 Å². The number of benzene rings is 1. The van der Waals surface area contributed by atoms with Gasteiger partial charge in [-0.1, -0.05) is 62.2 Å². The first-order valence-electron chi connectivity index (χ1n) is 11.4. The molecule has 1 N–H and O–H groups in total. The Morgan fingerprint density at radius 3 is 2.60 bits per heavy atom. The molecule has 1 heterocycles. The summed E-state index contributed by atoms with van der Waals surface area (Å²) in [6, 6.07) is 9.73. The lowest BCUT2D eigenvalue weighted by atomic mass is 10.1. The molecular weight excluding hydrogens is 374 g/mol. The van der Waals surface area contributed by atoms with Crippen LogP contribution in [0.2, 0.25) is 0 Å².